The number of likely N-dealkylation sites (tertiary alicyclic amines) is 1. The summed E-state index contributed by atoms with van der Waals surface area (Å²) in [6.07, 6.45) is 3.72. The highest BCUT2D eigenvalue weighted by molar-refractivity contribution is 5.97. The van der Waals surface area contributed by atoms with Gasteiger partial charge in [-0.1, -0.05) is 0 Å². The molecule has 8 heteroatoms. The largest absolute Gasteiger partial charge is 0.338 e. The predicted molar refractivity (Wildman–Crippen MR) is 95.4 cm³/mol. The average molecular weight is 360 g/mol. The third kappa shape index (κ3) is 3.94. The van der Waals surface area contributed by atoms with Crippen LogP contribution in [0.2, 0.25) is 0 Å². The fraction of sp³-hybridized carbons (Fsp3) is 0.533. The number of aromatic nitrogens is 3. The van der Waals surface area contributed by atoms with Gasteiger partial charge in [0.1, 0.15) is 0 Å². The first-order valence-corrected chi connectivity index (χ1v) is 7.42. The number of halogens is 2. The Morgan fingerprint density at radius 1 is 1.48 bits per heavy atom. The number of hydrogen-bond donors (Lipinski definition) is 2. The summed E-state index contributed by atoms with van der Waals surface area (Å²) in [5.74, 6) is 0.422. The van der Waals surface area contributed by atoms with Gasteiger partial charge >= 0.3 is 0 Å². The minimum atomic E-state index is 0. The van der Waals surface area contributed by atoms with Crippen LogP contribution in [-0.4, -0.2) is 45.1 Å². The molecule has 3 rings (SSSR count). The van der Waals surface area contributed by atoms with Crippen molar-refractivity contribution >= 4 is 41.8 Å². The SMILES string of the molecule is Cc1[nH]nc2ncc(C(=O)N3CCCC(C(C)N)C3)cc12.Cl.Cl. The molecule has 1 fully saturated rings. The van der Waals surface area contributed by atoms with Gasteiger partial charge < -0.3 is 10.6 Å². The average Bonchev–Trinajstić information content (AvgIpc) is 2.87. The number of nitrogens with two attached hydrogens (primary N) is 1. The van der Waals surface area contributed by atoms with E-state index in [9.17, 15) is 4.79 Å². The summed E-state index contributed by atoms with van der Waals surface area (Å²) in [5.41, 5.74) is 8.19. The number of amides is 1. The zero-order valence-electron chi connectivity index (χ0n) is 13.3. The van der Waals surface area contributed by atoms with Crippen LogP contribution in [-0.2, 0) is 0 Å². The standard InChI is InChI=1S/C15H21N5O.2ClH/c1-9(16)11-4-3-5-20(8-11)15(21)12-6-13-10(2)18-19-14(13)17-7-12;;/h6-7,9,11H,3-5,8,16H2,1-2H3,(H,17,18,19);2*1H. The summed E-state index contributed by atoms with van der Waals surface area (Å²) in [7, 11) is 0. The number of carbonyl (C=O) groups is 1. The quantitative estimate of drug-likeness (QED) is 0.860. The van der Waals surface area contributed by atoms with E-state index < -0.39 is 0 Å². The molecular weight excluding hydrogens is 337 g/mol. The van der Waals surface area contributed by atoms with Crippen LogP contribution in [0.5, 0.6) is 0 Å². The van der Waals surface area contributed by atoms with Gasteiger partial charge in [0.25, 0.3) is 5.91 Å². The molecule has 23 heavy (non-hydrogen) atoms. The molecule has 2 aromatic heterocycles. The van der Waals surface area contributed by atoms with Gasteiger partial charge in [0.15, 0.2) is 5.65 Å². The molecule has 0 saturated carbocycles. The molecule has 0 aliphatic carbocycles. The van der Waals surface area contributed by atoms with Gasteiger partial charge in [-0.2, -0.15) is 5.10 Å². The molecule has 1 amide bonds. The van der Waals surface area contributed by atoms with Gasteiger partial charge in [0.05, 0.1) is 5.56 Å². The maximum Gasteiger partial charge on any atom is 0.255 e. The molecule has 0 radical (unpaired) electrons. The number of hydrogen-bond acceptors (Lipinski definition) is 4. The van der Waals surface area contributed by atoms with Crippen molar-refractivity contribution in [3.8, 4) is 0 Å². The first-order chi connectivity index (χ1) is 10.1. The molecule has 0 aromatic carbocycles. The first-order valence-electron chi connectivity index (χ1n) is 7.42. The Balaban J connectivity index is 0.00000132. The zero-order valence-corrected chi connectivity index (χ0v) is 14.9. The van der Waals surface area contributed by atoms with E-state index >= 15 is 0 Å². The topological polar surface area (TPSA) is 87.9 Å². The predicted octanol–water partition coefficient (Wildman–Crippen LogP) is 2.31. The Morgan fingerprint density at radius 3 is 2.91 bits per heavy atom. The Hall–Kier alpha value is -1.37. The highest BCUT2D eigenvalue weighted by atomic mass is 35.5. The van der Waals surface area contributed by atoms with Gasteiger partial charge in [-0.05, 0) is 38.7 Å². The van der Waals surface area contributed by atoms with Crippen molar-refractivity contribution in [1.29, 1.82) is 0 Å². The van der Waals surface area contributed by atoms with Crippen LogP contribution < -0.4 is 5.73 Å². The van der Waals surface area contributed by atoms with E-state index in [1.54, 1.807) is 6.20 Å². The number of piperidine rings is 1. The number of rotatable bonds is 2. The third-order valence-corrected chi connectivity index (χ3v) is 4.34. The molecule has 1 aliphatic heterocycles. The van der Waals surface area contributed by atoms with E-state index in [0.29, 0.717) is 17.1 Å². The molecule has 6 nitrogen and oxygen atoms in total. The number of nitrogens with one attached hydrogen (secondary N) is 1. The fourth-order valence-electron chi connectivity index (χ4n) is 2.94. The molecular formula is C15H23Cl2N5O. The van der Waals surface area contributed by atoms with Gasteiger partial charge in [-0.3, -0.25) is 9.89 Å². The zero-order chi connectivity index (χ0) is 15.0. The molecule has 1 aliphatic rings. The van der Waals surface area contributed by atoms with Crippen LogP contribution in [0.3, 0.4) is 0 Å². The van der Waals surface area contributed by atoms with Gasteiger partial charge in [0.2, 0.25) is 0 Å². The molecule has 3 N–H and O–H groups in total. The highest BCUT2D eigenvalue weighted by Crippen LogP contribution is 2.22. The van der Waals surface area contributed by atoms with Crippen molar-refractivity contribution in [3.05, 3.63) is 23.5 Å². The number of nitrogens with zero attached hydrogens (tertiary/aromatic N) is 3. The lowest BCUT2D eigenvalue weighted by Gasteiger charge is -2.34. The van der Waals surface area contributed by atoms with E-state index in [4.69, 9.17) is 5.73 Å². The number of aromatic amines is 1. The van der Waals surface area contributed by atoms with E-state index in [-0.39, 0.29) is 36.8 Å². The van der Waals surface area contributed by atoms with Crippen LogP contribution in [0.4, 0.5) is 0 Å². The number of carbonyl (C=O) groups excluding carboxylic acids is 1. The van der Waals surface area contributed by atoms with Crippen molar-refractivity contribution in [2.24, 2.45) is 11.7 Å². The van der Waals surface area contributed by atoms with E-state index in [1.807, 2.05) is 24.8 Å². The minimum Gasteiger partial charge on any atom is -0.338 e. The minimum absolute atomic E-state index is 0. The number of fused-ring (bicyclic) bond motifs is 1. The first kappa shape index (κ1) is 19.7. The van der Waals surface area contributed by atoms with Crippen LogP contribution >= 0.6 is 24.8 Å². The summed E-state index contributed by atoms with van der Waals surface area (Å²) in [6.45, 7) is 5.47. The molecule has 3 heterocycles. The van der Waals surface area contributed by atoms with Gasteiger partial charge in [-0.15, -0.1) is 24.8 Å². The van der Waals surface area contributed by atoms with Crippen LogP contribution in [0.1, 0.15) is 35.8 Å². The van der Waals surface area contributed by atoms with Crippen molar-refractivity contribution in [3.63, 3.8) is 0 Å². The normalized spacial score (nSPS) is 18.9. The molecule has 2 aromatic rings. The van der Waals surface area contributed by atoms with E-state index in [2.05, 4.69) is 15.2 Å². The third-order valence-electron chi connectivity index (χ3n) is 4.34. The summed E-state index contributed by atoms with van der Waals surface area (Å²) >= 11 is 0. The molecule has 1 saturated heterocycles. The highest BCUT2D eigenvalue weighted by Gasteiger charge is 2.26. The van der Waals surface area contributed by atoms with E-state index in [0.717, 1.165) is 37.0 Å². The number of H-pyrrole nitrogens is 1. The lowest BCUT2D eigenvalue weighted by molar-refractivity contribution is 0.0660. The van der Waals surface area contributed by atoms with Crippen LogP contribution in [0.25, 0.3) is 11.0 Å². The summed E-state index contributed by atoms with van der Waals surface area (Å²) in [5, 5.41) is 7.88. The van der Waals surface area contributed by atoms with Crippen LogP contribution in [0, 0.1) is 12.8 Å². The molecule has 0 spiro atoms. The second-order valence-electron chi connectivity index (χ2n) is 5.96. The summed E-state index contributed by atoms with van der Waals surface area (Å²) in [4.78, 5) is 18.8. The van der Waals surface area contributed by atoms with Crippen molar-refractivity contribution in [2.45, 2.75) is 32.7 Å². The molecule has 128 valence electrons. The smallest absolute Gasteiger partial charge is 0.255 e. The van der Waals surface area contributed by atoms with Gasteiger partial charge in [-0.25, -0.2) is 4.98 Å². The van der Waals surface area contributed by atoms with Crippen molar-refractivity contribution < 1.29 is 4.79 Å². The van der Waals surface area contributed by atoms with Crippen LogP contribution in [0.15, 0.2) is 12.3 Å². The maximum absolute atomic E-state index is 12.7. The Morgan fingerprint density at radius 2 is 2.22 bits per heavy atom. The monoisotopic (exact) mass is 359 g/mol. The second kappa shape index (κ2) is 7.95. The fourth-order valence-corrected chi connectivity index (χ4v) is 2.94. The van der Waals surface area contributed by atoms with Gasteiger partial charge in [0, 0.05) is 36.4 Å². The molecule has 0 bridgehead atoms. The maximum atomic E-state index is 12.7. The van der Waals surface area contributed by atoms with E-state index in [1.165, 1.54) is 0 Å². The lowest BCUT2D eigenvalue weighted by Crippen LogP contribution is -2.45. The van der Waals surface area contributed by atoms with Crippen molar-refractivity contribution in [1.82, 2.24) is 20.1 Å². The van der Waals surface area contributed by atoms with Crippen molar-refractivity contribution in [2.75, 3.05) is 13.1 Å². The number of pyridine rings is 1. The summed E-state index contributed by atoms with van der Waals surface area (Å²) < 4.78 is 0. The number of aryl methyl sites for hydroxylation is 1. The molecule has 2 unspecified atom stereocenters. The Labute approximate surface area is 148 Å². The lowest BCUT2D eigenvalue weighted by atomic mass is 9.92. The summed E-state index contributed by atoms with van der Waals surface area (Å²) in [6, 6.07) is 2.00. The Kier molecular flexibility index (Phi) is 6.80. The molecule has 2 atom stereocenters. The Bertz CT molecular complexity index is 673. The second-order valence-corrected chi connectivity index (χ2v) is 5.96.